The van der Waals surface area contributed by atoms with E-state index in [4.69, 9.17) is 19.4 Å². The lowest BCUT2D eigenvalue weighted by Gasteiger charge is -2.32. The molecule has 0 fully saturated rings. The molecule has 0 atom stereocenters. The molecule has 0 radical (unpaired) electrons. The molecule has 1 aromatic carbocycles. The number of carboxylic acids is 1. The molecule has 31 heavy (non-hydrogen) atoms. The molecule has 0 saturated carbocycles. The Kier molecular flexibility index (Phi) is 7.97. The van der Waals surface area contributed by atoms with Crippen LogP contribution < -0.4 is 0 Å². The molecular weight excluding hydrogens is 404 g/mol. The monoisotopic (exact) mass is 436 g/mol. The predicted molar refractivity (Wildman–Crippen MR) is 115 cm³/mol. The number of aromatic carboxylic acids is 1. The largest absolute Gasteiger partial charge is 0.478 e. The van der Waals surface area contributed by atoms with E-state index in [0.717, 1.165) is 5.06 Å². The Balaban J connectivity index is 3.58. The van der Waals surface area contributed by atoms with Crippen LogP contribution >= 0.6 is 0 Å². The molecule has 0 unspecified atom stereocenters. The molecule has 2 amide bonds. The van der Waals surface area contributed by atoms with E-state index in [9.17, 15) is 14.4 Å². The summed E-state index contributed by atoms with van der Waals surface area (Å²) in [5, 5.41) is 9.93. The number of carbonyl (C=O) groups excluding carboxylic acids is 2. The van der Waals surface area contributed by atoms with Gasteiger partial charge in [0, 0.05) is 5.56 Å². The van der Waals surface area contributed by atoms with Crippen molar-refractivity contribution in [3.05, 3.63) is 35.4 Å². The van der Waals surface area contributed by atoms with Crippen LogP contribution in [-0.2, 0) is 14.3 Å². The Labute approximate surface area is 182 Å². The number of ether oxygens (including phenoxy) is 2. The maximum Gasteiger partial charge on any atom is 0.440 e. The van der Waals surface area contributed by atoms with E-state index < -0.39 is 35.0 Å². The summed E-state index contributed by atoms with van der Waals surface area (Å²) in [6.45, 7) is 15.2. The molecular formula is C22H32N2O7. The summed E-state index contributed by atoms with van der Waals surface area (Å²) >= 11 is 0. The number of aliphatic imine (C=N–C) groups is 1. The van der Waals surface area contributed by atoms with E-state index in [1.54, 1.807) is 62.3 Å². The van der Waals surface area contributed by atoms with Gasteiger partial charge in [0.25, 0.3) is 0 Å². The Morgan fingerprint density at radius 3 is 1.61 bits per heavy atom. The van der Waals surface area contributed by atoms with Gasteiger partial charge < -0.3 is 14.6 Å². The number of hydrogen-bond acceptors (Lipinski definition) is 6. The molecule has 0 saturated heterocycles. The van der Waals surface area contributed by atoms with Crippen molar-refractivity contribution in [3.8, 4) is 0 Å². The van der Waals surface area contributed by atoms with Crippen molar-refractivity contribution in [2.24, 2.45) is 4.99 Å². The number of nitrogens with zero attached hydrogens (tertiary/aromatic N) is 2. The minimum atomic E-state index is -1.12. The number of hydroxylamine groups is 2. The lowest BCUT2D eigenvalue weighted by molar-refractivity contribution is -0.169. The van der Waals surface area contributed by atoms with E-state index in [1.807, 2.05) is 0 Å². The lowest BCUT2D eigenvalue weighted by Crippen LogP contribution is -2.45. The Morgan fingerprint density at radius 2 is 1.23 bits per heavy atom. The van der Waals surface area contributed by atoms with Gasteiger partial charge in [-0.1, -0.05) is 12.1 Å². The molecule has 1 aromatic rings. The topological polar surface area (TPSA) is 115 Å². The maximum atomic E-state index is 12.9. The van der Waals surface area contributed by atoms with Crippen LogP contribution in [0.5, 0.6) is 0 Å². The first-order valence-corrected chi connectivity index (χ1v) is 9.75. The van der Waals surface area contributed by atoms with Gasteiger partial charge in [-0.15, -0.1) is 5.06 Å². The third kappa shape index (κ3) is 9.61. The van der Waals surface area contributed by atoms with Crippen LogP contribution in [-0.4, -0.2) is 51.0 Å². The summed E-state index contributed by atoms with van der Waals surface area (Å²) in [6, 6.07) is 5.48. The zero-order valence-corrected chi connectivity index (χ0v) is 19.6. The number of amides is 2. The van der Waals surface area contributed by atoms with Crippen LogP contribution in [0.25, 0.3) is 0 Å². The zero-order chi connectivity index (χ0) is 24.2. The molecule has 172 valence electrons. The van der Waals surface area contributed by atoms with Crippen LogP contribution in [0.3, 0.4) is 0 Å². The van der Waals surface area contributed by atoms with Gasteiger partial charge in [-0.25, -0.2) is 14.4 Å². The predicted octanol–water partition coefficient (Wildman–Crippen LogP) is 5.03. The van der Waals surface area contributed by atoms with Crippen LogP contribution in [0.2, 0.25) is 0 Å². The van der Waals surface area contributed by atoms with E-state index in [-0.39, 0.29) is 17.0 Å². The average Bonchev–Trinajstić information content (AvgIpc) is 2.54. The highest BCUT2D eigenvalue weighted by Gasteiger charge is 2.33. The number of rotatable bonds is 3. The lowest BCUT2D eigenvalue weighted by atomic mass is 10.1. The Hall–Kier alpha value is -2.94. The van der Waals surface area contributed by atoms with E-state index in [2.05, 4.69) is 4.99 Å². The second kappa shape index (κ2) is 9.47. The van der Waals surface area contributed by atoms with Crippen LogP contribution in [0, 0.1) is 0 Å². The minimum absolute atomic E-state index is 0.0286. The summed E-state index contributed by atoms with van der Waals surface area (Å²) in [6.07, 6.45) is -1.84. The normalized spacial score (nSPS) is 12.9. The first-order chi connectivity index (χ1) is 13.9. The second-order valence-electron chi connectivity index (χ2n) is 9.78. The summed E-state index contributed by atoms with van der Waals surface area (Å²) in [5.41, 5.74) is -2.24. The molecule has 0 aliphatic rings. The Bertz CT molecular complexity index is 839. The van der Waals surface area contributed by atoms with Gasteiger partial charge in [-0.3, -0.25) is 4.84 Å². The summed E-state index contributed by atoms with van der Waals surface area (Å²) in [4.78, 5) is 46.3. The van der Waals surface area contributed by atoms with Crippen LogP contribution in [0.15, 0.2) is 29.3 Å². The van der Waals surface area contributed by atoms with Gasteiger partial charge in [0.15, 0.2) is 5.84 Å². The highest BCUT2D eigenvalue weighted by molar-refractivity contribution is 6.09. The third-order valence-corrected chi connectivity index (χ3v) is 3.10. The number of benzene rings is 1. The van der Waals surface area contributed by atoms with E-state index in [1.165, 1.54) is 24.3 Å². The summed E-state index contributed by atoms with van der Waals surface area (Å²) < 4.78 is 10.7. The fourth-order valence-corrected chi connectivity index (χ4v) is 2.10. The molecule has 0 aliphatic heterocycles. The first-order valence-electron chi connectivity index (χ1n) is 9.75. The fourth-order valence-electron chi connectivity index (χ4n) is 2.10. The smallest absolute Gasteiger partial charge is 0.440 e. The van der Waals surface area contributed by atoms with Gasteiger partial charge >= 0.3 is 18.2 Å². The third-order valence-electron chi connectivity index (χ3n) is 3.10. The zero-order valence-electron chi connectivity index (χ0n) is 19.6. The molecule has 0 bridgehead atoms. The number of amidine groups is 1. The van der Waals surface area contributed by atoms with Crippen molar-refractivity contribution in [3.63, 3.8) is 0 Å². The van der Waals surface area contributed by atoms with E-state index in [0.29, 0.717) is 0 Å². The number of hydrogen-bond donors (Lipinski definition) is 1. The quantitative estimate of drug-likeness (QED) is 0.401. The molecule has 9 heteroatoms. The van der Waals surface area contributed by atoms with Crippen molar-refractivity contribution in [2.45, 2.75) is 79.1 Å². The maximum absolute atomic E-state index is 12.9. The molecule has 1 N–H and O–H groups in total. The molecule has 0 heterocycles. The molecule has 0 aromatic heterocycles. The Morgan fingerprint density at radius 1 is 0.774 bits per heavy atom. The SMILES string of the molecule is CC(C)(C)OC(=O)N=C(c1ccc(C(=O)O)cc1)N(OC(C)(C)C)C(=O)OC(C)(C)C. The highest BCUT2D eigenvalue weighted by atomic mass is 16.7. The molecule has 9 nitrogen and oxygen atoms in total. The van der Waals surface area contributed by atoms with Gasteiger partial charge in [0.05, 0.1) is 11.2 Å². The average molecular weight is 437 g/mol. The fraction of sp³-hybridized carbons (Fsp3) is 0.545. The van der Waals surface area contributed by atoms with Crippen molar-refractivity contribution in [2.75, 3.05) is 0 Å². The van der Waals surface area contributed by atoms with Crippen molar-refractivity contribution in [1.29, 1.82) is 0 Å². The van der Waals surface area contributed by atoms with Gasteiger partial charge in [-0.05, 0) is 74.4 Å². The summed E-state index contributed by atoms with van der Waals surface area (Å²) in [5.74, 6) is -1.32. The minimum Gasteiger partial charge on any atom is -0.478 e. The molecule has 1 rings (SSSR count). The molecule has 0 aliphatic carbocycles. The van der Waals surface area contributed by atoms with Gasteiger partial charge in [0.1, 0.15) is 11.2 Å². The van der Waals surface area contributed by atoms with Crippen LogP contribution in [0.1, 0.15) is 78.2 Å². The van der Waals surface area contributed by atoms with Crippen molar-refractivity contribution < 1.29 is 33.8 Å². The molecule has 0 spiro atoms. The summed E-state index contributed by atoms with van der Waals surface area (Å²) in [7, 11) is 0. The van der Waals surface area contributed by atoms with Crippen LogP contribution in [0.4, 0.5) is 9.59 Å². The number of carboxylic acid groups (broad SMARTS) is 1. The van der Waals surface area contributed by atoms with Gasteiger partial charge in [0.2, 0.25) is 0 Å². The van der Waals surface area contributed by atoms with Gasteiger partial charge in [-0.2, -0.15) is 4.99 Å². The van der Waals surface area contributed by atoms with E-state index >= 15 is 0 Å². The van der Waals surface area contributed by atoms with Crippen molar-refractivity contribution >= 4 is 24.0 Å². The second-order valence-corrected chi connectivity index (χ2v) is 9.78. The van der Waals surface area contributed by atoms with Crippen molar-refractivity contribution in [1.82, 2.24) is 5.06 Å². The standard InChI is InChI=1S/C22H32N2O7/c1-20(2,3)29-18(27)23-16(14-10-12-15(13-11-14)17(25)26)24(31-22(7,8)9)19(28)30-21(4,5)6/h10-13H,1-9H3,(H,25,26). The highest BCUT2D eigenvalue weighted by Crippen LogP contribution is 2.20. The number of carbonyl (C=O) groups is 3. The first kappa shape index (κ1) is 26.1.